The lowest BCUT2D eigenvalue weighted by Gasteiger charge is -2.43. The molecule has 176 valence electrons. The number of hydrogen-bond acceptors (Lipinski definition) is 6. The zero-order chi connectivity index (χ0) is 24.0. The van der Waals surface area contributed by atoms with Gasteiger partial charge in [0.1, 0.15) is 29.9 Å². The van der Waals surface area contributed by atoms with E-state index < -0.39 is 41.0 Å². The van der Waals surface area contributed by atoms with Crippen molar-refractivity contribution in [1.29, 1.82) is 0 Å². The first kappa shape index (κ1) is 22.0. The molecule has 5 rings (SSSR count). The lowest BCUT2D eigenvalue weighted by Crippen LogP contribution is -2.61. The maximum atomic E-state index is 15.1. The zero-order valence-electron chi connectivity index (χ0n) is 18.0. The number of halogens is 2. The number of carboxylic acid groups (broad SMARTS) is 1. The summed E-state index contributed by atoms with van der Waals surface area (Å²) >= 11 is 0. The summed E-state index contributed by atoms with van der Waals surface area (Å²) in [6.07, 6.45) is 0.191. The number of nitrogens with zero attached hydrogens (tertiary/aromatic N) is 3. The number of carboxylic acids is 1. The maximum Gasteiger partial charge on any atom is 0.341 e. The Labute approximate surface area is 192 Å². The average Bonchev–Trinajstić information content (AvgIpc) is 3.53. The van der Waals surface area contributed by atoms with Crippen LogP contribution in [0.3, 0.4) is 0 Å². The van der Waals surface area contributed by atoms with Gasteiger partial charge in [0.2, 0.25) is 5.43 Å². The first-order chi connectivity index (χ1) is 16.4. The normalized spacial score (nSPS) is 22.6. The lowest BCUT2D eigenvalue weighted by molar-refractivity contribution is 0.0694. The molecule has 1 saturated carbocycles. The molecule has 0 radical (unpaired) electrons. The number of aromatic carboxylic acids is 1. The number of hydrogen-bond donors (Lipinski definition) is 2. The highest BCUT2D eigenvalue weighted by Gasteiger charge is 2.41. The van der Waals surface area contributed by atoms with Crippen LogP contribution >= 0.6 is 0 Å². The smallest absolute Gasteiger partial charge is 0.341 e. The Hall–Kier alpha value is -3.79. The van der Waals surface area contributed by atoms with Crippen LogP contribution in [0, 0.1) is 5.82 Å². The van der Waals surface area contributed by atoms with Crippen LogP contribution in [0.5, 0.6) is 0 Å². The number of nitrogens with two attached hydrogens (primary N) is 1. The number of rotatable bonds is 7. The molecule has 3 atom stereocenters. The molecule has 2 fully saturated rings. The molecule has 0 bridgehead atoms. The number of carbonyl (C=O) groups is 1. The Morgan fingerprint density at radius 2 is 2.00 bits per heavy atom. The third-order valence-electron chi connectivity index (χ3n) is 6.25. The van der Waals surface area contributed by atoms with Crippen molar-refractivity contribution in [3.8, 4) is 0 Å². The van der Waals surface area contributed by atoms with Gasteiger partial charge in [-0.05, 0) is 17.7 Å². The van der Waals surface area contributed by atoms with Crippen molar-refractivity contribution in [3.63, 3.8) is 0 Å². The van der Waals surface area contributed by atoms with E-state index in [-0.39, 0.29) is 42.7 Å². The van der Waals surface area contributed by atoms with Gasteiger partial charge in [0.05, 0.1) is 29.8 Å². The molecule has 3 aromatic rings. The van der Waals surface area contributed by atoms with E-state index in [0.717, 1.165) is 17.8 Å². The van der Waals surface area contributed by atoms with Gasteiger partial charge in [-0.3, -0.25) is 4.79 Å². The Kier molecular flexibility index (Phi) is 5.52. The molecule has 2 aliphatic rings. The van der Waals surface area contributed by atoms with Crippen molar-refractivity contribution in [2.24, 2.45) is 10.9 Å². The zero-order valence-corrected chi connectivity index (χ0v) is 18.0. The predicted molar refractivity (Wildman–Crippen MR) is 123 cm³/mol. The van der Waals surface area contributed by atoms with Gasteiger partial charge < -0.3 is 25.1 Å². The molecule has 0 amide bonds. The van der Waals surface area contributed by atoms with Crippen molar-refractivity contribution in [2.45, 2.75) is 31.3 Å². The summed E-state index contributed by atoms with van der Waals surface area (Å²) in [5.74, 6) is -2.14. The van der Waals surface area contributed by atoms with Crippen LogP contribution in [0.2, 0.25) is 0 Å². The van der Waals surface area contributed by atoms with Gasteiger partial charge in [0.25, 0.3) is 0 Å². The largest absolute Gasteiger partial charge is 0.477 e. The van der Waals surface area contributed by atoms with Gasteiger partial charge in [-0.2, -0.15) is 0 Å². The van der Waals surface area contributed by atoms with Gasteiger partial charge in [0.15, 0.2) is 0 Å². The highest BCUT2D eigenvalue weighted by molar-refractivity contribution is 6.04. The van der Waals surface area contributed by atoms with E-state index in [1.807, 2.05) is 30.3 Å². The van der Waals surface area contributed by atoms with Crippen LogP contribution in [0.25, 0.3) is 10.9 Å². The van der Waals surface area contributed by atoms with Crippen molar-refractivity contribution < 1.29 is 23.5 Å². The van der Waals surface area contributed by atoms with Crippen LogP contribution in [0.4, 0.5) is 14.5 Å². The van der Waals surface area contributed by atoms with Gasteiger partial charge in [0, 0.05) is 24.5 Å². The van der Waals surface area contributed by atoms with Crippen molar-refractivity contribution in [1.82, 2.24) is 4.57 Å². The number of pyridine rings is 1. The van der Waals surface area contributed by atoms with Crippen LogP contribution in [0.15, 0.2) is 58.6 Å². The highest BCUT2D eigenvalue weighted by atomic mass is 19.1. The first-order valence-electron chi connectivity index (χ1n) is 10.8. The quantitative estimate of drug-likeness (QED) is 0.516. The highest BCUT2D eigenvalue weighted by Crippen LogP contribution is 2.41. The molecule has 2 heterocycles. The predicted octanol–water partition coefficient (Wildman–Crippen LogP) is 2.84. The SMILES string of the molecule is NC[C@H]1/C(=N\OCc2ccccc2)CN1c1cc2c(cc1F)c(=O)c(C(=O)O)cn2[C@@H]1C[C@@H]1F. The number of anilines is 1. The van der Waals surface area contributed by atoms with Gasteiger partial charge >= 0.3 is 5.97 Å². The fourth-order valence-corrected chi connectivity index (χ4v) is 4.27. The molecule has 0 spiro atoms. The van der Waals surface area contributed by atoms with Crippen molar-refractivity contribution in [3.05, 3.63) is 75.8 Å². The van der Waals surface area contributed by atoms with E-state index in [9.17, 15) is 19.1 Å². The minimum atomic E-state index is -1.44. The molecule has 8 nitrogen and oxygen atoms in total. The van der Waals surface area contributed by atoms with E-state index in [4.69, 9.17) is 10.6 Å². The molecule has 3 N–H and O–H groups in total. The summed E-state index contributed by atoms with van der Waals surface area (Å²) in [6.45, 7) is 0.715. The second-order valence-corrected chi connectivity index (χ2v) is 8.45. The minimum Gasteiger partial charge on any atom is -0.477 e. The fraction of sp³-hybridized carbons (Fsp3) is 0.292. The molecule has 1 aliphatic heterocycles. The molecule has 1 aromatic heterocycles. The van der Waals surface area contributed by atoms with E-state index in [2.05, 4.69) is 5.16 Å². The standard InChI is InChI=1S/C24H22F2N4O4/c25-16-6-14-19(29(20-7-17(20)26)10-15(23(14)31)24(32)33)8-21(16)30-11-18(22(30)9-27)28-34-12-13-4-2-1-3-5-13/h1-6,8,10,17,20,22H,7,9,11-12,27H2,(H,32,33)/b28-18-/t17-,20+,22-/m0/s1. The number of oxime groups is 1. The Balaban J connectivity index is 1.46. The molecule has 10 heteroatoms. The van der Waals surface area contributed by atoms with Crippen LogP contribution in [0.1, 0.15) is 28.4 Å². The number of aromatic nitrogens is 1. The van der Waals surface area contributed by atoms with Gasteiger partial charge in [-0.25, -0.2) is 13.6 Å². The molecule has 34 heavy (non-hydrogen) atoms. The summed E-state index contributed by atoms with van der Waals surface area (Å²) in [4.78, 5) is 31.3. The van der Waals surface area contributed by atoms with E-state index >= 15 is 4.39 Å². The molecular weight excluding hydrogens is 446 g/mol. The van der Waals surface area contributed by atoms with Crippen molar-refractivity contribution >= 4 is 28.3 Å². The lowest BCUT2D eigenvalue weighted by atomic mass is 9.98. The topological polar surface area (TPSA) is 110 Å². The molecule has 1 aliphatic carbocycles. The van der Waals surface area contributed by atoms with E-state index in [0.29, 0.717) is 5.71 Å². The number of fused-ring (bicyclic) bond motifs is 1. The molecule has 0 unspecified atom stereocenters. The average molecular weight is 468 g/mol. The molecule has 2 aromatic carbocycles. The summed E-state index contributed by atoms with van der Waals surface area (Å²) in [5, 5.41) is 13.4. The summed E-state index contributed by atoms with van der Waals surface area (Å²) in [6, 6.07) is 11.0. The Morgan fingerprint density at radius 3 is 2.65 bits per heavy atom. The second kappa shape index (κ2) is 8.53. The second-order valence-electron chi connectivity index (χ2n) is 8.45. The summed E-state index contributed by atoms with van der Waals surface area (Å²) < 4.78 is 30.4. The summed E-state index contributed by atoms with van der Waals surface area (Å²) in [5.41, 5.74) is 6.65. The minimum absolute atomic E-state index is 0.106. The van der Waals surface area contributed by atoms with E-state index in [1.165, 1.54) is 10.6 Å². The molecular formula is C24H22F2N4O4. The van der Waals surface area contributed by atoms with Crippen LogP contribution in [-0.4, -0.2) is 46.7 Å². The van der Waals surface area contributed by atoms with Gasteiger partial charge in [-0.15, -0.1) is 0 Å². The maximum absolute atomic E-state index is 15.1. The van der Waals surface area contributed by atoms with Crippen LogP contribution in [-0.2, 0) is 11.4 Å². The number of benzene rings is 2. The monoisotopic (exact) mass is 468 g/mol. The summed E-state index contributed by atoms with van der Waals surface area (Å²) in [7, 11) is 0. The fourth-order valence-electron chi connectivity index (χ4n) is 4.27. The Morgan fingerprint density at radius 1 is 1.26 bits per heavy atom. The Bertz CT molecular complexity index is 1360. The van der Waals surface area contributed by atoms with Gasteiger partial charge in [-0.1, -0.05) is 35.5 Å². The third-order valence-corrected chi connectivity index (χ3v) is 6.25. The van der Waals surface area contributed by atoms with Crippen LogP contribution < -0.4 is 16.1 Å². The number of alkyl halides is 1. The molecule has 1 saturated heterocycles. The van der Waals surface area contributed by atoms with E-state index in [1.54, 1.807) is 4.90 Å². The third kappa shape index (κ3) is 3.79. The van der Waals surface area contributed by atoms with Crippen molar-refractivity contribution in [2.75, 3.05) is 18.0 Å². The first-order valence-corrected chi connectivity index (χ1v) is 10.8.